The zero-order valence-corrected chi connectivity index (χ0v) is 18.7. The smallest absolute Gasteiger partial charge is 0.343 e. The quantitative estimate of drug-likeness (QED) is 0.545. The summed E-state index contributed by atoms with van der Waals surface area (Å²) in [7, 11) is 0.929. The van der Waals surface area contributed by atoms with Gasteiger partial charge in [-0.1, -0.05) is 0 Å². The third-order valence-corrected chi connectivity index (χ3v) is 6.67. The zero-order valence-electron chi connectivity index (χ0n) is 17.9. The zero-order chi connectivity index (χ0) is 24.5. The van der Waals surface area contributed by atoms with Crippen LogP contribution in [0.4, 0.5) is 22.0 Å². The van der Waals surface area contributed by atoms with Crippen molar-refractivity contribution in [3.8, 4) is 0 Å². The van der Waals surface area contributed by atoms with Gasteiger partial charge in [0.15, 0.2) is 0 Å². The first-order chi connectivity index (χ1) is 15.4. The van der Waals surface area contributed by atoms with E-state index in [1.165, 1.54) is 17.2 Å². The van der Waals surface area contributed by atoms with Crippen molar-refractivity contribution >= 4 is 16.7 Å². The summed E-state index contributed by atoms with van der Waals surface area (Å²) in [6.45, 7) is 1.60. The van der Waals surface area contributed by atoms with Crippen LogP contribution in [0.5, 0.6) is 0 Å². The number of hydrogen-bond donors (Lipinski definition) is 0. The molecule has 3 rings (SSSR count). The van der Waals surface area contributed by atoms with E-state index in [1.54, 1.807) is 21.0 Å². The Labute approximate surface area is 189 Å². The maximum atomic E-state index is 14.8. The van der Waals surface area contributed by atoms with Crippen molar-refractivity contribution in [2.45, 2.75) is 36.1 Å². The number of aromatic nitrogens is 2. The summed E-state index contributed by atoms with van der Waals surface area (Å²) in [5.74, 6) is -1.67. The number of pyridine rings is 2. The lowest BCUT2D eigenvalue weighted by atomic mass is 9.96. The second-order valence-electron chi connectivity index (χ2n) is 7.63. The van der Waals surface area contributed by atoms with Crippen LogP contribution in [0.1, 0.15) is 45.4 Å². The molecule has 2 heterocycles. The Bertz CT molecular complexity index is 1160. The number of carbonyl (C=O) groups excluding carboxylic acids is 1. The van der Waals surface area contributed by atoms with Crippen LogP contribution in [0.2, 0.25) is 0 Å². The average Bonchev–Trinajstić information content (AvgIpc) is 2.76. The molecule has 2 aromatic heterocycles. The van der Waals surface area contributed by atoms with Gasteiger partial charge in [0.1, 0.15) is 23.0 Å². The second-order valence-corrected chi connectivity index (χ2v) is 9.17. The van der Waals surface area contributed by atoms with Gasteiger partial charge in [-0.05, 0) is 42.3 Å². The van der Waals surface area contributed by atoms with Crippen molar-refractivity contribution in [2.75, 3.05) is 14.1 Å². The minimum atomic E-state index is -4.68. The summed E-state index contributed by atoms with van der Waals surface area (Å²) in [4.78, 5) is 20.8. The number of halogens is 5. The Kier molecular flexibility index (Phi) is 7.11. The van der Waals surface area contributed by atoms with Crippen LogP contribution in [-0.2, 0) is 17.0 Å². The molecule has 0 saturated heterocycles. The lowest BCUT2D eigenvalue weighted by Gasteiger charge is -2.23. The molecular weight excluding hydrogens is 465 g/mol. The second kappa shape index (κ2) is 9.50. The molecule has 0 N–H and O–H groups in total. The average molecular weight is 485 g/mol. The number of allylic oxidation sites excluding steroid dienone is 3. The Morgan fingerprint density at radius 1 is 1.12 bits per heavy atom. The van der Waals surface area contributed by atoms with Gasteiger partial charge in [0.05, 0.1) is 20.9 Å². The Morgan fingerprint density at radius 2 is 1.82 bits per heavy atom. The molecule has 1 aliphatic carbocycles. The molecule has 0 radical (unpaired) electrons. The Morgan fingerprint density at radius 3 is 2.36 bits per heavy atom. The minimum Gasteiger partial charge on any atom is -0.343 e. The number of carbonyl (C=O) groups is 1. The molecule has 0 aliphatic heterocycles. The van der Waals surface area contributed by atoms with E-state index in [4.69, 9.17) is 0 Å². The van der Waals surface area contributed by atoms with Gasteiger partial charge in [-0.25, -0.2) is 8.78 Å². The third kappa shape index (κ3) is 5.35. The molecule has 0 bridgehead atoms. The largest absolute Gasteiger partial charge is 0.433 e. The van der Waals surface area contributed by atoms with Crippen LogP contribution in [-0.4, -0.2) is 39.1 Å². The number of amides is 1. The Balaban J connectivity index is 2.12. The molecule has 176 valence electrons. The number of nitrogens with zero attached hydrogens (tertiary/aromatic N) is 3. The molecule has 11 heteroatoms. The number of hydrogen-bond acceptors (Lipinski definition) is 4. The van der Waals surface area contributed by atoms with E-state index in [9.17, 15) is 31.0 Å². The molecular formula is C22H20F5N3O2S. The van der Waals surface area contributed by atoms with Crippen molar-refractivity contribution in [1.29, 1.82) is 0 Å². The van der Waals surface area contributed by atoms with Gasteiger partial charge < -0.3 is 4.90 Å². The predicted octanol–water partition coefficient (Wildman–Crippen LogP) is 5.23. The van der Waals surface area contributed by atoms with Gasteiger partial charge in [-0.3, -0.25) is 19.0 Å². The van der Waals surface area contributed by atoms with Gasteiger partial charge >= 0.3 is 6.18 Å². The summed E-state index contributed by atoms with van der Waals surface area (Å²) in [6.07, 6.45) is -2.05. The Hall–Kier alpha value is -2.95. The fourth-order valence-electron chi connectivity index (χ4n) is 3.30. The predicted molar refractivity (Wildman–Crippen MR) is 112 cm³/mol. The van der Waals surface area contributed by atoms with Crippen molar-refractivity contribution in [2.24, 2.45) is 0 Å². The van der Waals surface area contributed by atoms with Crippen LogP contribution in [0.25, 0.3) is 0 Å². The third-order valence-electron chi connectivity index (χ3n) is 5.02. The van der Waals surface area contributed by atoms with E-state index in [-0.39, 0.29) is 40.5 Å². The highest BCUT2D eigenvalue weighted by Crippen LogP contribution is 2.40. The van der Waals surface area contributed by atoms with E-state index in [0.29, 0.717) is 11.6 Å². The molecule has 0 fully saturated rings. The minimum absolute atomic E-state index is 0.0967. The van der Waals surface area contributed by atoms with Gasteiger partial charge in [0, 0.05) is 44.9 Å². The lowest BCUT2D eigenvalue weighted by Crippen LogP contribution is -2.23. The maximum Gasteiger partial charge on any atom is 0.433 e. The fourth-order valence-corrected chi connectivity index (χ4v) is 4.83. The molecule has 0 saturated carbocycles. The lowest BCUT2D eigenvalue weighted by molar-refractivity contribution is -0.141. The van der Waals surface area contributed by atoms with Crippen molar-refractivity contribution in [3.05, 3.63) is 76.4 Å². The fraction of sp³-hybridized carbons (Fsp3) is 0.318. The number of aryl methyl sites for hydroxylation is 1. The van der Waals surface area contributed by atoms with Gasteiger partial charge in [0.2, 0.25) is 0 Å². The molecule has 2 atom stereocenters. The van der Waals surface area contributed by atoms with E-state index < -0.39 is 39.6 Å². The molecule has 0 aromatic carbocycles. The van der Waals surface area contributed by atoms with Gasteiger partial charge in [-0.2, -0.15) is 13.2 Å². The number of alkyl halides is 3. The van der Waals surface area contributed by atoms with Crippen LogP contribution < -0.4 is 0 Å². The first-order valence-electron chi connectivity index (χ1n) is 9.76. The first-order valence-corrected chi connectivity index (χ1v) is 11.0. The summed E-state index contributed by atoms with van der Waals surface area (Å²) in [5.41, 5.74) is -0.568. The van der Waals surface area contributed by atoms with Crippen LogP contribution in [0, 0.1) is 6.92 Å². The van der Waals surface area contributed by atoms with E-state index in [2.05, 4.69) is 9.97 Å². The summed E-state index contributed by atoms with van der Waals surface area (Å²) in [5, 5.41) is -1.27. The van der Waals surface area contributed by atoms with Crippen LogP contribution in [0.3, 0.4) is 0 Å². The molecule has 33 heavy (non-hydrogen) atoms. The first kappa shape index (κ1) is 24.7. The van der Waals surface area contributed by atoms with Gasteiger partial charge in [0.25, 0.3) is 5.91 Å². The molecule has 5 nitrogen and oxygen atoms in total. The highest BCUT2D eigenvalue weighted by Gasteiger charge is 2.34. The van der Waals surface area contributed by atoms with Crippen LogP contribution in [0.15, 0.2) is 58.8 Å². The normalized spacial score (nSPS) is 16.3. The van der Waals surface area contributed by atoms with Crippen LogP contribution >= 0.6 is 0 Å². The highest BCUT2D eigenvalue weighted by atomic mass is 32.2. The monoisotopic (exact) mass is 485 g/mol. The highest BCUT2D eigenvalue weighted by molar-refractivity contribution is 7.85. The van der Waals surface area contributed by atoms with Crippen molar-refractivity contribution < 1.29 is 31.0 Å². The summed E-state index contributed by atoms with van der Waals surface area (Å²) < 4.78 is 80.9. The van der Waals surface area contributed by atoms with Crippen molar-refractivity contribution in [3.63, 3.8) is 0 Å². The molecule has 1 amide bonds. The molecule has 0 spiro atoms. The van der Waals surface area contributed by atoms with Gasteiger partial charge in [-0.15, -0.1) is 0 Å². The van der Waals surface area contributed by atoms with E-state index >= 15 is 0 Å². The van der Waals surface area contributed by atoms with Crippen molar-refractivity contribution in [1.82, 2.24) is 14.9 Å². The standard InChI is InChI=1S/C22H20F5N3O2S/c1-12-8-18(21(31)30(2)3)28-11-16(12)20(15-9-13(23)4-6-17(15)24)33(32)14-5-7-19(29-10-14)22(25,26)27/h5,7-11,20H,4,6H2,1-3H3. The molecule has 1 aliphatic rings. The van der Waals surface area contributed by atoms with E-state index in [0.717, 1.165) is 18.3 Å². The molecule has 2 aromatic rings. The SMILES string of the molecule is Cc1cc(C(=O)N(C)C)ncc1C(C1=C(F)CCC(F)=C1)S(=O)c1ccc(C(F)(F)F)nc1. The number of rotatable bonds is 5. The maximum absolute atomic E-state index is 14.8. The van der Waals surface area contributed by atoms with E-state index in [1.807, 2.05) is 0 Å². The summed E-state index contributed by atoms with van der Waals surface area (Å²) in [6, 6.07) is 3.11. The summed E-state index contributed by atoms with van der Waals surface area (Å²) >= 11 is 0. The topological polar surface area (TPSA) is 63.2 Å². The molecule has 2 unspecified atom stereocenters.